The van der Waals surface area contributed by atoms with E-state index in [4.69, 9.17) is 27.9 Å². The number of ether oxygens (including phenoxy) is 1. The van der Waals surface area contributed by atoms with Gasteiger partial charge in [-0.2, -0.15) is 10.2 Å². The molecule has 0 atom stereocenters. The predicted molar refractivity (Wildman–Crippen MR) is 136 cm³/mol. The molecule has 3 heterocycles. The van der Waals surface area contributed by atoms with Crippen molar-refractivity contribution in [3.05, 3.63) is 94.0 Å². The van der Waals surface area contributed by atoms with Gasteiger partial charge in [0.05, 0.1) is 37.4 Å². The van der Waals surface area contributed by atoms with Gasteiger partial charge in [-0.1, -0.05) is 41.4 Å². The van der Waals surface area contributed by atoms with E-state index in [0.29, 0.717) is 32.6 Å². The van der Waals surface area contributed by atoms with Crippen LogP contribution < -0.4 is 10.1 Å². The molecule has 2 aromatic carbocycles. The Hall–Kier alpha value is -4.02. The molecule has 0 unspecified atom stereocenters. The molecule has 0 fully saturated rings. The van der Waals surface area contributed by atoms with Crippen LogP contribution in [0.5, 0.6) is 5.75 Å². The Labute approximate surface area is 219 Å². The predicted octanol–water partition coefficient (Wildman–Crippen LogP) is 6.15. The Bertz CT molecular complexity index is 1600. The fourth-order valence-electron chi connectivity index (χ4n) is 3.85. The van der Waals surface area contributed by atoms with E-state index in [1.165, 1.54) is 25.6 Å². The molecule has 0 saturated carbocycles. The van der Waals surface area contributed by atoms with Crippen LogP contribution >= 0.6 is 23.2 Å². The molecule has 0 bridgehead atoms. The van der Waals surface area contributed by atoms with Crippen molar-refractivity contribution in [1.29, 1.82) is 0 Å². The second-order valence-electron chi connectivity index (χ2n) is 7.94. The van der Waals surface area contributed by atoms with Crippen LogP contribution in [-0.4, -0.2) is 37.4 Å². The summed E-state index contributed by atoms with van der Waals surface area (Å²) < 4.78 is 35.7. The van der Waals surface area contributed by atoms with Crippen molar-refractivity contribution in [3.8, 4) is 17.0 Å². The summed E-state index contributed by atoms with van der Waals surface area (Å²) in [6, 6.07) is 13.3. The molecule has 0 radical (unpaired) electrons. The molecule has 0 spiro atoms. The van der Waals surface area contributed by atoms with Gasteiger partial charge in [-0.25, -0.2) is 18.3 Å². The van der Waals surface area contributed by atoms with Crippen molar-refractivity contribution in [2.45, 2.75) is 13.0 Å². The number of benzene rings is 2. The number of rotatable bonds is 7. The Morgan fingerprint density at radius 1 is 1.08 bits per heavy atom. The minimum absolute atomic E-state index is 0.0144. The summed E-state index contributed by atoms with van der Waals surface area (Å²) in [6.07, 6.45) is 1.39. The number of amides is 1. The van der Waals surface area contributed by atoms with Gasteiger partial charge >= 0.3 is 0 Å². The summed E-state index contributed by atoms with van der Waals surface area (Å²) in [5.41, 5.74) is 1.37. The average molecular weight is 543 g/mol. The summed E-state index contributed by atoms with van der Waals surface area (Å²) >= 11 is 12.5. The molecule has 37 heavy (non-hydrogen) atoms. The van der Waals surface area contributed by atoms with Crippen LogP contribution in [0, 0.1) is 0 Å². The van der Waals surface area contributed by atoms with Crippen LogP contribution in [0.1, 0.15) is 28.0 Å². The molecular weight excluding hydrogens is 525 g/mol. The van der Waals surface area contributed by atoms with Gasteiger partial charge in [-0.05, 0) is 30.3 Å². The van der Waals surface area contributed by atoms with Gasteiger partial charge in [-0.15, -0.1) is 0 Å². The second-order valence-corrected chi connectivity index (χ2v) is 8.76. The maximum absolute atomic E-state index is 13.9. The van der Waals surface area contributed by atoms with Crippen LogP contribution in [0.2, 0.25) is 10.0 Å². The number of hydrogen-bond acceptors (Lipinski definition) is 5. The monoisotopic (exact) mass is 542 g/mol. The van der Waals surface area contributed by atoms with E-state index < -0.39 is 18.0 Å². The number of fused-ring (bicyclic) bond motifs is 1. The Balaban J connectivity index is 1.47. The van der Waals surface area contributed by atoms with Crippen molar-refractivity contribution in [1.82, 2.24) is 24.4 Å². The van der Waals surface area contributed by atoms with Gasteiger partial charge in [0, 0.05) is 27.4 Å². The molecule has 0 aliphatic heterocycles. The molecule has 1 N–H and O–H groups in total. The van der Waals surface area contributed by atoms with Crippen LogP contribution in [0.3, 0.4) is 0 Å². The average Bonchev–Trinajstić information content (AvgIpc) is 3.52. The lowest BCUT2D eigenvalue weighted by molar-refractivity contribution is 0.102. The SMILES string of the molecule is COc1ccccc1-c1cc(C(F)F)n2ncc(C(=O)Nc3cnn(Cc4c(Cl)cccc4Cl)c3)c2n1. The molecule has 1 amide bonds. The van der Waals surface area contributed by atoms with Gasteiger partial charge in [0.15, 0.2) is 5.65 Å². The zero-order valence-corrected chi connectivity index (χ0v) is 20.7. The number of carbonyl (C=O) groups excluding carboxylic acids is 1. The zero-order chi connectivity index (χ0) is 26.1. The molecule has 8 nitrogen and oxygen atoms in total. The maximum Gasteiger partial charge on any atom is 0.280 e. The van der Waals surface area contributed by atoms with Crippen molar-refractivity contribution >= 4 is 40.4 Å². The highest BCUT2D eigenvalue weighted by Crippen LogP contribution is 2.32. The van der Waals surface area contributed by atoms with Gasteiger partial charge in [0.25, 0.3) is 12.3 Å². The molecule has 0 aliphatic rings. The molecule has 5 rings (SSSR count). The Morgan fingerprint density at radius 3 is 2.57 bits per heavy atom. The first-order chi connectivity index (χ1) is 17.9. The molecule has 12 heteroatoms. The fraction of sp³-hybridized carbons (Fsp3) is 0.120. The molecule has 5 aromatic rings. The number of hydrogen-bond donors (Lipinski definition) is 1. The van der Waals surface area contributed by atoms with E-state index in [1.54, 1.807) is 53.3 Å². The number of anilines is 1. The maximum atomic E-state index is 13.9. The van der Waals surface area contributed by atoms with Gasteiger partial charge < -0.3 is 10.1 Å². The van der Waals surface area contributed by atoms with Crippen LogP contribution in [0.4, 0.5) is 14.5 Å². The van der Waals surface area contributed by atoms with Gasteiger partial charge in [-0.3, -0.25) is 9.48 Å². The summed E-state index contributed by atoms with van der Waals surface area (Å²) in [4.78, 5) is 17.6. The fourth-order valence-corrected chi connectivity index (χ4v) is 4.37. The highest BCUT2D eigenvalue weighted by Gasteiger charge is 2.23. The van der Waals surface area contributed by atoms with E-state index >= 15 is 0 Å². The van der Waals surface area contributed by atoms with E-state index in [9.17, 15) is 13.6 Å². The topological polar surface area (TPSA) is 86.3 Å². The lowest BCUT2D eigenvalue weighted by Gasteiger charge is -2.11. The van der Waals surface area contributed by atoms with E-state index in [0.717, 1.165) is 4.52 Å². The van der Waals surface area contributed by atoms with Crippen LogP contribution in [0.25, 0.3) is 16.9 Å². The van der Waals surface area contributed by atoms with Crippen molar-refractivity contribution in [2.24, 2.45) is 0 Å². The van der Waals surface area contributed by atoms with Crippen LogP contribution in [-0.2, 0) is 6.54 Å². The highest BCUT2D eigenvalue weighted by atomic mass is 35.5. The third-order valence-corrected chi connectivity index (χ3v) is 6.33. The highest BCUT2D eigenvalue weighted by molar-refractivity contribution is 6.36. The summed E-state index contributed by atoms with van der Waals surface area (Å²) in [5, 5.41) is 11.9. The molecule has 188 valence electrons. The minimum Gasteiger partial charge on any atom is -0.496 e. The number of aromatic nitrogens is 5. The van der Waals surface area contributed by atoms with Crippen molar-refractivity contribution < 1.29 is 18.3 Å². The number of nitrogens with zero attached hydrogens (tertiary/aromatic N) is 5. The molecule has 0 aliphatic carbocycles. The first kappa shape index (κ1) is 24.7. The van der Waals surface area contributed by atoms with Gasteiger partial charge in [0.1, 0.15) is 17.0 Å². The number of nitrogens with one attached hydrogen (secondary N) is 1. The second kappa shape index (κ2) is 10.2. The first-order valence-corrected chi connectivity index (χ1v) is 11.7. The van der Waals surface area contributed by atoms with E-state index in [1.807, 2.05) is 0 Å². The summed E-state index contributed by atoms with van der Waals surface area (Å²) in [5.74, 6) is -0.133. The van der Waals surface area contributed by atoms with Crippen LogP contribution in [0.15, 0.2) is 67.1 Å². The standard InChI is InChI=1S/C25H18Cl2F2N6O2/c1-37-22-8-3-2-5-15(22)20-9-21(23(28)29)35-24(33-20)16(11-31-35)25(36)32-14-10-30-34(12-14)13-17-18(26)6-4-7-19(17)27/h2-12,23H,13H2,1H3,(H,32,36). The number of halogens is 4. The Kier molecular flexibility index (Phi) is 6.77. The first-order valence-electron chi connectivity index (χ1n) is 10.9. The smallest absolute Gasteiger partial charge is 0.280 e. The minimum atomic E-state index is -2.86. The lowest BCUT2D eigenvalue weighted by Crippen LogP contribution is -2.12. The number of alkyl halides is 2. The van der Waals surface area contributed by atoms with Gasteiger partial charge in [0.2, 0.25) is 0 Å². The zero-order valence-electron chi connectivity index (χ0n) is 19.2. The van der Waals surface area contributed by atoms with E-state index in [-0.39, 0.29) is 23.4 Å². The summed E-state index contributed by atoms with van der Waals surface area (Å²) in [7, 11) is 1.48. The third-order valence-electron chi connectivity index (χ3n) is 5.62. The lowest BCUT2D eigenvalue weighted by atomic mass is 10.1. The largest absolute Gasteiger partial charge is 0.496 e. The summed E-state index contributed by atoms with van der Waals surface area (Å²) in [6.45, 7) is 0.284. The third kappa shape index (κ3) is 4.85. The molecule has 0 saturated heterocycles. The van der Waals surface area contributed by atoms with E-state index in [2.05, 4.69) is 20.5 Å². The van der Waals surface area contributed by atoms with Crippen molar-refractivity contribution in [2.75, 3.05) is 12.4 Å². The number of methoxy groups -OCH3 is 1. The molecule has 3 aromatic heterocycles. The van der Waals surface area contributed by atoms with Crippen molar-refractivity contribution in [3.63, 3.8) is 0 Å². The molecular formula is C25H18Cl2F2N6O2. The Morgan fingerprint density at radius 2 is 1.84 bits per heavy atom. The quantitative estimate of drug-likeness (QED) is 0.266. The normalized spacial score (nSPS) is 11.3. The number of carbonyl (C=O) groups is 1. The number of para-hydroxylation sites is 1.